The molecule has 8 nitrogen and oxygen atoms in total. The maximum atomic E-state index is 11.9. The number of aryl methyl sites for hydroxylation is 1. The maximum Gasteiger partial charge on any atom is 0.264 e. The molecule has 0 heterocycles. The number of hydrazine groups is 1. The molecule has 0 aliphatic rings. The fraction of sp³-hybridized carbons (Fsp3) is 0.238. The molecule has 0 bridgehead atoms. The average Bonchev–Trinajstić information content (AvgIpc) is 2.75. The summed E-state index contributed by atoms with van der Waals surface area (Å²) >= 11 is 8.31. The molecular weight excluding hydrogens is 484 g/mol. The summed E-state index contributed by atoms with van der Waals surface area (Å²) in [7, 11) is 0. The Balaban J connectivity index is 1.59. The van der Waals surface area contributed by atoms with E-state index in [0.717, 1.165) is 15.6 Å². The summed E-state index contributed by atoms with van der Waals surface area (Å²) in [5, 5.41) is 5.05. The summed E-state index contributed by atoms with van der Waals surface area (Å²) in [6.45, 7) is 2.03. The predicted molar refractivity (Wildman–Crippen MR) is 124 cm³/mol. The first kappa shape index (κ1) is 24.3. The maximum absolute atomic E-state index is 11.9. The van der Waals surface area contributed by atoms with Crippen LogP contribution < -0.4 is 26.2 Å². The second-order valence-electron chi connectivity index (χ2n) is 6.51. The van der Waals surface area contributed by atoms with Crippen LogP contribution in [0.2, 0.25) is 0 Å². The van der Waals surface area contributed by atoms with Gasteiger partial charge in [0, 0.05) is 23.9 Å². The molecule has 3 amide bonds. The zero-order chi connectivity index (χ0) is 22.6. The number of rotatable bonds is 8. The van der Waals surface area contributed by atoms with Crippen LogP contribution in [0.5, 0.6) is 5.75 Å². The third kappa shape index (κ3) is 9.58. The molecule has 2 aromatic rings. The minimum Gasteiger partial charge on any atom is -0.483 e. The minimum atomic E-state index is -0.477. The van der Waals surface area contributed by atoms with Crippen LogP contribution in [0.1, 0.15) is 24.0 Å². The highest BCUT2D eigenvalue weighted by Crippen LogP contribution is 2.21. The molecule has 0 saturated heterocycles. The highest BCUT2D eigenvalue weighted by atomic mass is 79.9. The van der Waals surface area contributed by atoms with Crippen LogP contribution in [-0.4, -0.2) is 29.4 Å². The van der Waals surface area contributed by atoms with Crippen LogP contribution in [0.15, 0.2) is 53.0 Å². The normalized spacial score (nSPS) is 10.0. The number of nitrogens with one attached hydrogen (secondary N) is 4. The van der Waals surface area contributed by atoms with Crippen molar-refractivity contribution in [2.24, 2.45) is 0 Å². The molecule has 0 unspecified atom stereocenters. The molecule has 0 saturated carbocycles. The number of hydrogen-bond donors (Lipinski definition) is 4. The zero-order valence-corrected chi connectivity index (χ0v) is 19.3. The third-order valence-corrected chi connectivity index (χ3v) is 4.67. The van der Waals surface area contributed by atoms with E-state index in [1.807, 2.05) is 49.4 Å². The molecule has 0 radical (unpaired) electrons. The van der Waals surface area contributed by atoms with E-state index in [4.69, 9.17) is 17.0 Å². The van der Waals surface area contributed by atoms with Crippen molar-refractivity contribution in [1.29, 1.82) is 0 Å². The van der Waals surface area contributed by atoms with Crippen LogP contribution in [0.4, 0.5) is 0 Å². The topological polar surface area (TPSA) is 109 Å². The number of carbonyl (C=O) groups excluding carboxylic acids is 3. The first-order valence-electron chi connectivity index (χ1n) is 9.41. The highest BCUT2D eigenvalue weighted by Gasteiger charge is 2.10. The standard InChI is InChI=1S/C21H23BrN4O4S/c1-14-11-16(22)7-8-17(14)30-13-20(29)24-21(31)26-25-19(28)10-9-18(27)23-12-15-5-3-2-4-6-15/h2-8,11H,9-10,12-13H2,1H3,(H,23,27)(H,25,28)(H2,24,26,29,31). The molecule has 31 heavy (non-hydrogen) atoms. The van der Waals surface area contributed by atoms with Crippen molar-refractivity contribution in [3.63, 3.8) is 0 Å². The van der Waals surface area contributed by atoms with E-state index in [9.17, 15) is 14.4 Å². The van der Waals surface area contributed by atoms with E-state index in [1.54, 1.807) is 6.07 Å². The van der Waals surface area contributed by atoms with E-state index < -0.39 is 11.8 Å². The lowest BCUT2D eigenvalue weighted by Gasteiger charge is -2.12. The van der Waals surface area contributed by atoms with Gasteiger partial charge in [-0.2, -0.15) is 0 Å². The van der Waals surface area contributed by atoms with Gasteiger partial charge in [0.2, 0.25) is 11.8 Å². The molecule has 0 spiro atoms. The van der Waals surface area contributed by atoms with Crippen LogP contribution in [0.25, 0.3) is 0 Å². The van der Waals surface area contributed by atoms with Crippen molar-refractivity contribution in [2.45, 2.75) is 26.3 Å². The van der Waals surface area contributed by atoms with Crippen LogP contribution in [0, 0.1) is 6.92 Å². The Labute approximate surface area is 194 Å². The molecule has 10 heteroatoms. The van der Waals surface area contributed by atoms with Gasteiger partial charge in [0.05, 0.1) is 0 Å². The lowest BCUT2D eigenvalue weighted by molar-refractivity contribution is -0.126. The van der Waals surface area contributed by atoms with Gasteiger partial charge in [0.15, 0.2) is 11.7 Å². The Kier molecular flexibility index (Phi) is 9.92. The molecule has 0 aliphatic carbocycles. The Morgan fingerprint density at radius 3 is 2.39 bits per heavy atom. The lowest BCUT2D eigenvalue weighted by Crippen LogP contribution is -2.49. The van der Waals surface area contributed by atoms with Crippen LogP contribution >= 0.6 is 28.1 Å². The summed E-state index contributed by atoms with van der Waals surface area (Å²) < 4.78 is 6.36. The van der Waals surface area contributed by atoms with Crippen molar-refractivity contribution in [3.05, 3.63) is 64.1 Å². The lowest BCUT2D eigenvalue weighted by atomic mass is 10.2. The molecule has 0 aromatic heterocycles. The number of amides is 3. The zero-order valence-electron chi connectivity index (χ0n) is 16.9. The van der Waals surface area contributed by atoms with Crippen molar-refractivity contribution < 1.29 is 19.1 Å². The van der Waals surface area contributed by atoms with E-state index in [-0.39, 0.29) is 30.5 Å². The summed E-state index contributed by atoms with van der Waals surface area (Å²) in [6.07, 6.45) is -0.00398. The van der Waals surface area contributed by atoms with Gasteiger partial charge in [-0.1, -0.05) is 46.3 Å². The number of ether oxygens (including phenoxy) is 1. The number of benzene rings is 2. The van der Waals surface area contributed by atoms with Gasteiger partial charge < -0.3 is 10.1 Å². The average molecular weight is 507 g/mol. The summed E-state index contributed by atoms with van der Waals surface area (Å²) in [6, 6.07) is 14.9. The molecule has 0 fully saturated rings. The fourth-order valence-electron chi connectivity index (χ4n) is 2.41. The SMILES string of the molecule is Cc1cc(Br)ccc1OCC(=O)NC(=S)NNC(=O)CCC(=O)NCc1ccccc1. The quantitative estimate of drug-likeness (QED) is 0.323. The number of thiocarbonyl (C=S) groups is 1. The molecule has 2 aromatic carbocycles. The summed E-state index contributed by atoms with van der Waals surface area (Å²) in [5.41, 5.74) is 6.61. The van der Waals surface area contributed by atoms with Crippen LogP contribution in [0.3, 0.4) is 0 Å². The molecule has 164 valence electrons. The number of hydrogen-bond acceptors (Lipinski definition) is 5. The second kappa shape index (κ2) is 12.7. The van der Waals surface area contributed by atoms with Gasteiger partial charge >= 0.3 is 0 Å². The number of carbonyl (C=O) groups is 3. The van der Waals surface area contributed by atoms with Crippen LogP contribution in [-0.2, 0) is 20.9 Å². The van der Waals surface area contributed by atoms with E-state index in [0.29, 0.717) is 12.3 Å². The molecule has 0 atom stereocenters. The Hall–Kier alpha value is -2.98. The molecule has 0 aliphatic heterocycles. The molecule has 4 N–H and O–H groups in total. The predicted octanol–water partition coefficient (Wildman–Crippen LogP) is 2.25. The van der Waals surface area contributed by atoms with E-state index in [2.05, 4.69) is 37.4 Å². The second-order valence-corrected chi connectivity index (χ2v) is 7.84. The molecular formula is C21H23BrN4O4S. The van der Waals surface area contributed by atoms with Gasteiger partial charge in [-0.3, -0.25) is 30.6 Å². The van der Waals surface area contributed by atoms with Gasteiger partial charge in [-0.15, -0.1) is 0 Å². The number of halogens is 1. The van der Waals surface area contributed by atoms with E-state index >= 15 is 0 Å². The molecule has 2 rings (SSSR count). The van der Waals surface area contributed by atoms with Crippen molar-refractivity contribution in [1.82, 2.24) is 21.5 Å². The van der Waals surface area contributed by atoms with Gasteiger partial charge in [-0.05, 0) is 48.5 Å². The van der Waals surface area contributed by atoms with E-state index in [1.165, 1.54) is 0 Å². The van der Waals surface area contributed by atoms with Crippen molar-refractivity contribution >= 4 is 51.0 Å². The first-order chi connectivity index (χ1) is 14.8. The van der Waals surface area contributed by atoms with Gasteiger partial charge in [0.1, 0.15) is 5.75 Å². The Bertz CT molecular complexity index is 940. The minimum absolute atomic E-state index is 0.0276. The third-order valence-electron chi connectivity index (χ3n) is 3.98. The first-order valence-corrected chi connectivity index (χ1v) is 10.6. The summed E-state index contributed by atoms with van der Waals surface area (Å²) in [5.74, 6) is -0.575. The Morgan fingerprint density at radius 2 is 1.68 bits per heavy atom. The smallest absolute Gasteiger partial charge is 0.264 e. The Morgan fingerprint density at radius 1 is 0.968 bits per heavy atom. The monoisotopic (exact) mass is 506 g/mol. The van der Waals surface area contributed by atoms with Gasteiger partial charge in [0.25, 0.3) is 5.91 Å². The van der Waals surface area contributed by atoms with Crippen molar-refractivity contribution in [3.8, 4) is 5.75 Å². The fourth-order valence-corrected chi connectivity index (χ4v) is 3.05. The van der Waals surface area contributed by atoms with Gasteiger partial charge in [-0.25, -0.2) is 0 Å². The van der Waals surface area contributed by atoms with Crippen molar-refractivity contribution in [2.75, 3.05) is 6.61 Å². The highest BCUT2D eigenvalue weighted by molar-refractivity contribution is 9.10. The largest absolute Gasteiger partial charge is 0.483 e. The summed E-state index contributed by atoms with van der Waals surface area (Å²) in [4.78, 5) is 35.6.